The van der Waals surface area contributed by atoms with Crippen LogP contribution in [0.2, 0.25) is 0 Å². The molecule has 1 unspecified atom stereocenters. The van der Waals surface area contributed by atoms with Gasteiger partial charge in [-0.05, 0) is 19.4 Å². The summed E-state index contributed by atoms with van der Waals surface area (Å²) < 4.78 is 0. The molecule has 0 saturated carbocycles. The predicted molar refractivity (Wildman–Crippen MR) is 51.5 cm³/mol. The van der Waals surface area contributed by atoms with Gasteiger partial charge in [0.25, 0.3) is 0 Å². The standard InChI is InChI=1S/C8H13Cl2NO/c9-4-7(10)5-11-3-1-2-8(11)6-12/h4,8,12H,1-3,5-6H2/b7-4-. The molecule has 1 saturated heterocycles. The largest absolute Gasteiger partial charge is 0.395 e. The molecule has 1 heterocycles. The normalized spacial score (nSPS) is 26.6. The van der Waals surface area contributed by atoms with E-state index in [1.165, 1.54) is 5.54 Å². The van der Waals surface area contributed by atoms with E-state index in [1.54, 1.807) is 0 Å². The van der Waals surface area contributed by atoms with Crippen LogP contribution in [0.4, 0.5) is 0 Å². The van der Waals surface area contributed by atoms with Crippen molar-refractivity contribution in [3.05, 3.63) is 10.6 Å². The molecule has 0 aromatic carbocycles. The van der Waals surface area contributed by atoms with Crippen LogP contribution in [0.3, 0.4) is 0 Å². The Morgan fingerprint density at radius 2 is 2.42 bits per heavy atom. The molecule has 0 aliphatic carbocycles. The Balaban J connectivity index is 2.40. The second-order valence-corrected chi connectivity index (χ2v) is 3.71. The van der Waals surface area contributed by atoms with Crippen LogP contribution < -0.4 is 0 Å². The van der Waals surface area contributed by atoms with Gasteiger partial charge in [-0.15, -0.1) is 0 Å². The van der Waals surface area contributed by atoms with E-state index in [0.717, 1.165) is 19.4 Å². The minimum absolute atomic E-state index is 0.215. The van der Waals surface area contributed by atoms with Crippen LogP contribution in [0.1, 0.15) is 12.8 Å². The first-order chi connectivity index (χ1) is 5.77. The van der Waals surface area contributed by atoms with Crippen LogP contribution in [-0.2, 0) is 0 Å². The summed E-state index contributed by atoms with van der Waals surface area (Å²) in [4.78, 5) is 2.15. The second kappa shape index (κ2) is 5.07. The molecule has 70 valence electrons. The number of likely N-dealkylation sites (tertiary alicyclic amines) is 1. The van der Waals surface area contributed by atoms with Crippen LogP contribution in [-0.4, -0.2) is 35.7 Å². The molecule has 1 rings (SSSR count). The molecule has 0 bridgehead atoms. The third-order valence-corrected chi connectivity index (χ3v) is 2.79. The van der Waals surface area contributed by atoms with Crippen molar-refractivity contribution < 1.29 is 5.11 Å². The highest BCUT2D eigenvalue weighted by Gasteiger charge is 2.23. The summed E-state index contributed by atoms with van der Waals surface area (Å²) in [7, 11) is 0. The first-order valence-corrected chi connectivity index (χ1v) is 4.89. The Morgan fingerprint density at radius 1 is 1.67 bits per heavy atom. The van der Waals surface area contributed by atoms with Gasteiger partial charge in [0.15, 0.2) is 0 Å². The van der Waals surface area contributed by atoms with Crippen molar-refractivity contribution in [1.82, 2.24) is 4.90 Å². The maximum Gasteiger partial charge on any atom is 0.0587 e. The SMILES string of the molecule is OCC1CCCN1C/C(Cl)=C/Cl. The third-order valence-electron chi connectivity index (χ3n) is 2.18. The van der Waals surface area contributed by atoms with Crippen molar-refractivity contribution >= 4 is 23.2 Å². The van der Waals surface area contributed by atoms with Crippen molar-refractivity contribution in [2.45, 2.75) is 18.9 Å². The van der Waals surface area contributed by atoms with E-state index >= 15 is 0 Å². The van der Waals surface area contributed by atoms with Crippen molar-refractivity contribution in [3.8, 4) is 0 Å². The lowest BCUT2D eigenvalue weighted by Gasteiger charge is -2.21. The van der Waals surface area contributed by atoms with E-state index in [0.29, 0.717) is 11.6 Å². The lowest BCUT2D eigenvalue weighted by molar-refractivity contribution is 0.169. The maximum absolute atomic E-state index is 8.98. The number of nitrogens with zero attached hydrogens (tertiary/aromatic N) is 1. The Hall–Kier alpha value is 0.240. The highest BCUT2D eigenvalue weighted by molar-refractivity contribution is 6.36. The quantitative estimate of drug-likeness (QED) is 0.767. The van der Waals surface area contributed by atoms with Gasteiger partial charge in [0, 0.05) is 23.2 Å². The minimum Gasteiger partial charge on any atom is -0.395 e. The van der Waals surface area contributed by atoms with Gasteiger partial charge in [-0.2, -0.15) is 0 Å². The Kier molecular flexibility index (Phi) is 4.36. The third kappa shape index (κ3) is 2.63. The Labute approximate surface area is 82.8 Å². The molecule has 1 fully saturated rings. The zero-order chi connectivity index (χ0) is 8.97. The number of halogens is 2. The molecule has 0 spiro atoms. The molecule has 2 nitrogen and oxygen atoms in total. The van der Waals surface area contributed by atoms with Crippen LogP contribution in [0.15, 0.2) is 10.6 Å². The summed E-state index contributed by atoms with van der Waals surface area (Å²) in [6, 6.07) is 0.273. The summed E-state index contributed by atoms with van der Waals surface area (Å²) in [6.07, 6.45) is 2.20. The minimum atomic E-state index is 0.215. The van der Waals surface area contributed by atoms with Gasteiger partial charge in [-0.25, -0.2) is 0 Å². The van der Waals surface area contributed by atoms with E-state index in [1.807, 2.05) is 0 Å². The highest BCUT2D eigenvalue weighted by Crippen LogP contribution is 2.19. The predicted octanol–water partition coefficient (Wildman–Crippen LogP) is 1.76. The number of aliphatic hydroxyl groups excluding tert-OH is 1. The van der Waals surface area contributed by atoms with Gasteiger partial charge in [-0.1, -0.05) is 23.2 Å². The van der Waals surface area contributed by atoms with Crippen LogP contribution in [0.25, 0.3) is 0 Å². The molecule has 1 atom stereocenters. The zero-order valence-corrected chi connectivity index (χ0v) is 8.35. The fourth-order valence-corrected chi connectivity index (χ4v) is 1.76. The van der Waals surface area contributed by atoms with E-state index in [9.17, 15) is 0 Å². The Morgan fingerprint density at radius 3 is 3.00 bits per heavy atom. The van der Waals surface area contributed by atoms with Crippen molar-refractivity contribution in [3.63, 3.8) is 0 Å². The average molecular weight is 210 g/mol. The van der Waals surface area contributed by atoms with Gasteiger partial charge < -0.3 is 5.11 Å². The lowest BCUT2D eigenvalue weighted by atomic mass is 10.2. The van der Waals surface area contributed by atoms with E-state index < -0.39 is 0 Å². The average Bonchev–Trinajstić information content (AvgIpc) is 2.51. The number of rotatable bonds is 3. The maximum atomic E-state index is 8.98. The van der Waals surface area contributed by atoms with E-state index in [-0.39, 0.29) is 12.6 Å². The first kappa shape index (κ1) is 10.3. The molecule has 12 heavy (non-hydrogen) atoms. The molecule has 0 radical (unpaired) electrons. The first-order valence-electron chi connectivity index (χ1n) is 4.07. The number of hydrogen-bond donors (Lipinski definition) is 1. The highest BCUT2D eigenvalue weighted by atomic mass is 35.5. The summed E-state index contributed by atoms with van der Waals surface area (Å²) >= 11 is 11.2. The Bertz CT molecular complexity index is 172. The molecular formula is C8H13Cl2NO. The van der Waals surface area contributed by atoms with Crippen LogP contribution in [0.5, 0.6) is 0 Å². The molecule has 4 heteroatoms. The van der Waals surface area contributed by atoms with Gasteiger partial charge in [-0.3, -0.25) is 4.90 Å². The van der Waals surface area contributed by atoms with Gasteiger partial charge in [0.2, 0.25) is 0 Å². The molecule has 0 amide bonds. The smallest absolute Gasteiger partial charge is 0.0587 e. The molecule has 1 aliphatic heterocycles. The monoisotopic (exact) mass is 209 g/mol. The zero-order valence-electron chi connectivity index (χ0n) is 6.84. The van der Waals surface area contributed by atoms with Crippen molar-refractivity contribution in [2.75, 3.05) is 19.7 Å². The molecule has 0 aromatic rings. The number of aliphatic hydroxyl groups is 1. The van der Waals surface area contributed by atoms with E-state index in [2.05, 4.69) is 4.90 Å². The summed E-state index contributed by atoms with van der Waals surface area (Å²) in [5, 5.41) is 9.62. The fraction of sp³-hybridized carbons (Fsp3) is 0.750. The van der Waals surface area contributed by atoms with Gasteiger partial charge in [0.05, 0.1) is 6.61 Å². The number of hydrogen-bond acceptors (Lipinski definition) is 2. The van der Waals surface area contributed by atoms with Crippen molar-refractivity contribution in [1.29, 1.82) is 0 Å². The lowest BCUT2D eigenvalue weighted by Crippen LogP contribution is -2.33. The van der Waals surface area contributed by atoms with E-state index in [4.69, 9.17) is 28.3 Å². The molecule has 1 aliphatic rings. The summed E-state index contributed by atoms with van der Waals surface area (Å²) in [6.45, 7) is 1.88. The van der Waals surface area contributed by atoms with Crippen LogP contribution >= 0.6 is 23.2 Å². The summed E-state index contributed by atoms with van der Waals surface area (Å²) in [5.41, 5.74) is 1.38. The molecular weight excluding hydrogens is 197 g/mol. The fourth-order valence-electron chi connectivity index (χ4n) is 1.54. The molecule has 0 aromatic heterocycles. The van der Waals surface area contributed by atoms with Crippen LogP contribution in [0, 0.1) is 0 Å². The van der Waals surface area contributed by atoms with Gasteiger partial charge in [0.1, 0.15) is 0 Å². The van der Waals surface area contributed by atoms with Gasteiger partial charge >= 0.3 is 0 Å². The molecule has 1 N–H and O–H groups in total. The topological polar surface area (TPSA) is 23.5 Å². The van der Waals surface area contributed by atoms with Crippen molar-refractivity contribution in [2.24, 2.45) is 0 Å². The second-order valence-electron chi connectivity index (χ2n) is 3.01. The summed E-state index contributed by atoms with van der Waals surface area (Å²) in [5.74, 6) is 0.